The second-order valence-corrected chi connectivity index (χ2v) is 9.53. The summed E-state index contributed by atoms with van der Waals surface area (Å²) >= 11 is 12.4. The van der Waals surface area contributed by atoms with E-state index in [1.54, 1.807) is 48.5 Å². The number of anilines is 2. The second kappa shape index (κ2) is 15.5. The fourth-order valence-corrected chi connectivity index (χ4v) is 3.79. The number of rotatable bonds is 12. The zero-order chi connectivity index (χ0) is 29.8. The molecule has 0 aromatic heterocycles. The molecule has 0 bridgehead atoms. The minimum Gasteiger partial charge on any atom is -0.494 e. The number of carbonyl (C=O) groups is 3. The third kappa shape index (κ3) is 9.70. The van der Waals surface area contributed by atoms with Gasteiger partial charge in [0.2, 0.25) is 0 Å². The molecular weight excluding hydrogens is 571 g/mol. The molecule has 10 nitrogen and oxygen atoms in total. The maximum atomic E-state index is 12.3. The standard InChI is InChI=1S/C29H30Cl2N4O6/c1-4-5-12-40-22-10-8-20(9-11-22)34-28(37)29(38)35-32-16-19-13-24(31)27(25(14-19)39-3)41-17-26(36)33-21-7-6-18(2)23(30)15-21/h6-11,13-16H,4-5,12,17H2,1-3H3,(H,33,36)(H,34,37)(H,35,38)/b32-16-. The van der Waals surface area contributed by atoms with E-state index in [-0.39, 0.29) is 23.1 Å². The Hall–Kier alpha value is -4.28. The number of nitrogens with one attached hydrogen (secondary N) is 3. The molecule has 216 valence electrons. The Morgan fingerprint density at radius 3 is 2.32 bits per heavy atom. The largest absolute Gasteiger partial charge is 0.494 e. The summed E-state index contributed by atoms with van der Waals surface area (Å²) in [6.07, 6.45) is 3.25. The van der Waals surface area contributed by atoms with Crippen LogP contribution in [-0.4, -0.2) is 44.3 Å². The van der Waals surface area contributed by atoms with Gasteiger partial charge >= 0.3 is 11.8 Å². The van der Waals surface area contributed by atoms with E-state index in [2.05, 4.69) is 28.1 Å². The number of hydrogen-bond donors (Lipinski definition) is 3. The van der Waals surface area contributed by atoms with Crippen LogP contribution in [0, 0.1) is 6.92 Å². The number of benzene rings is 3. The van der Waals surface area contributed by atoms with Gasteiger partial charge in [-0.1, -0.05) is 42.6 Å². The van der Waals surface area contributed by atoms with Crippen molar-refractivity contribution in [1.29, 1.82) is 0 Å². The summed E-state index contributed by atoms with van der Waals surface area (Å²) < 4.78 is 16.5. The number of hydrazone groups is 1. The predicted octanol–water partition coefficient (Wildman–Crippen LogP) is 5.60. The van der Waals surface area contributed by atoms with E-state index in [1.807, 2.05) is 6.92 Å². The van der Waals surface area contributed by atoms with E-state index in [0.29, 0.717) is 34.3 Å². The van der Waals surface area contributed by atoms with Crippen LogP contribution in [0.1, 0.15) is 30.9 Å². The molecule has 3 aromatic carbocycles. The number of halogens is 2. The molecule has 0 radical (unpaired) electrons. The number of unbranched alkanes of at least 4 members (excludes halogenated alkanes) is 1. The van der Waals surface area contributed by atoms with Crippen molar-refractivity contribution in [3.63, 3.8) is 0 Å². The zero-order valence-corrected chi connectivity index (χ0v) is 24.3. The van der Waals surface area contributed by atoms with Gasteiger partial charge in [-0.25, -0.2) is 5.43 Å². The van der Waals surface area contributed by atoms with Crippen LogP contribution < -0.4 is 30.3 Å². The molecule has 0 saturated carbocycles. The van der Waals surface area contributed by atoms with Crippen molar-refractivity contribution >= 4 is 58.5 Å². The van der Waals surface area contributed by atoms with Gasteiger partial charge in [0, 0.05) is 16.4 Å². The first-order valence-electron chi connectivity index (χ1n) is 12.6. The molecule has 0 aliphatic heterocycles. The lowest BCUT2D eigenvalue weighted by molar-refractivity contribution is -0.136. The molecular formula is C29H30Cl2N4O6. The highest BCUT2D eigenvalue weighted by Crippen LogP contribution is 2.36. The molecule has 0 spiro atoms. The molecule has 41 heavy (non-hydrogen) atoms. The molecule has 12 heteroatoms. The Kier molecular flexibility index (Phi) is 11.8. The number of amides is 3. The van der Waals surface area contributed by atoms with E-state index in [4.69, 9.17) is 37.4 Å². The molecule has 3 amide bonds. The highest BCUT2D eigenvalue weighted by molar-refractivity contribution is 6.39. The van der Waals surface area contributed by atoms with Gasteiger partial charge in [0.1, 0.15) is 5.75 Å². The van der Waals surface area contributed by atoms with Crippen LogP contribution in [0.2, 0.25) is 10.0 Å². The predicted molar refractivity (Wildman–Crippen MR) is 160 cm³/mol. The van der Waals surface area contributed by atoms with Crippen LogP contribution in [0.5, 0.6) is 17.2 Å². The molecule has 0 saturated heterocycles. The lowest BCUT2D eigenvalue weighted by atomic mass is 10.2. The quantitative estimate of drug-likeness (QED) is 0.107. The molecule has 0 unspecified atom stereocenters. The van der Waals surface area contributed by atoms with Crippen molar-refractivity contribution in [1.82, 2.24) is 5.43 Å². The van der Waals surface area contributed by atoms with Crippen LogP contribution >= 0.6 is 23.2 Å². The first-order valence-corrected chi connectivity index (χ1v) is 13.4. The van der Waals surface area contributed by atoms with Crippen molar-refractivity contribution in [3.8, 4) is 17.2 Å². The van der Waals surface area contributed by atoms with E-state index < -0.39 is 17.7 Å². The number of methoxy groups -OCH3 is 1. The van der Waals surface area contributed by atoms with E-state index in [1.165, 1.54) is 19.4 Å². The van der Waals surface area contributed by atoms with Gasteiger partial charge in [-0.3, -0.25) is 14.4 Å². The molecule has 3 N–H and O–H groups in total. The smallest absolute Gasteiger partial charge is 0.329 e. The molecule has 0 atom stereocenters. The lowest BCUT2D eigenvalue weighted by Gasteiger charge is -2.13. The number of ether oxygens (including phenoxy) is 3. The normalized spacial score (nSPS) is 10.7. The third-order valence-corrected chi connectivity index (χ3v) is 6.21. The van der Waals surface area contributed by atoms with Crippen molar-refractivity contribution in [3.05, 3.63) is 75.8 Å². The summed E-state index contributed by atoms with van der Waals surface area (Å²) in [5.74, 6) is -1.24. The second-order valence-electron chi connectivity index (χ2n) is 8.71. The van der Waals surface area contributed by atoms with Crippen LogP contribution in [0.4, 0.5) is 11.4 Å². The minimum absolute atomic E-state index is 0.142. The monoisotopic (exact) mass is 600 g/mol. The maximum absolute atomic E-state index is 12.3. The summed E-state index contributed by atoms with van der Waals surface area (Å²) in [4.78, 5) is 36.7. The fourth-order valence-electron chi connectivity index (χ4n) is 3.33. The average Bonchev–Trinajstić information content (AvgIpc) is 2.95. The number of carbonyl (C=O) groups excluding carboxylic acids is 3. The third-order valence-electron chi connectivity index (χ3n) is 5.52. The Balaban J connectivity index is 1.53. The summed E-state index contributed by atoms with van der Waals surface area (Å²) in [7, 11) is 1.41. The average molecular weight is 601 g/mol. The Labute approximate surface area is 248 Å². The maximum Gasteiger partial charge on any atom is 0.329 e. The fraction of sp³-hybridized carbons (Fsp3) is 0.241. The molecule has 0 fully saturated rings. The van der Waals surface area contributed by atoms with Gasteiger partial charge in [-0.05, 0) is 73.0 Å². The zero-order valence-electron chi connectivity index (χ0n) is 22.8. The number of nitrogens with zero attached hydrogens (tertiary/aromatic N) is 1. The van der Waals surface area contributed by atoms with Crippen molar-refractivity contribution < 1.29 is 28.6 Å². The van der Waals surface area contributed by atoms with Gasteiger partial charge < -0.3 is 24.8 Å². The molecule has 0 aliphatic rings. The highest BCUT2D eigenvalue weighted by Gasteiger charge is 2.15. The SMILES string of the molecule is CCCCOc1ccc(NC(=O)C(=O)N/N=C\c2cc(Cl)c(OCC(=O)Nc3ccc(C)c(Cl)c3)c(OC)c2)cc1. The minimum atomic E-state index is -0.969. The summed E-state index contributed by atoms with van der Waals surface area (Å²) in [6.45, 7) is 4.20. The Bertz CT molecular complexity index is 1410. The highest BCUT2D eigenvalue weighted by atomic mass is 35.5. The van der Waals surface area contributed by atoms with E-state index in [0.717, 1.165) is 18.4 Å². The van der Waals surface area contributed by atoms with Gasteiger partial charge in [0.25, 0.3) is 5.91 Å². The molecule has 0 aliphatic carbocycles. The Morgan fingerprint density at radius 1 is 0.902 bits per heavy atom. The van der Waals surface area contributed by atoms with Gasteiger partial charge in [0.05, 0.1) is 25.0 Å². The van der Waals surface area contributed by atoms with Crippen molar-refractivity contribution in [2.75, 3.05) is 31.0 Å². The van der Waals surface area contributed by atoms with Gasteiger partial charge in [0.15, 0.2) is 18.1 Å². The summed E-state index contributed by atoms with van der Waals surface area (Å²) in [6, 6.07) is 14.9. The topological polar surface area (TPSA) is 127 Å². The molecule has 3 aromatic rings. The van der Waals surface area contributed by atoms with E-state index in [9.17, 15) is 14.4 Å². The number of hydrogen-bond acceptors (Lipinski definition) is 7. The van der Waals surface area contributed by atoms with Crippen molar-refractivity contribution in [2.45, 2.75) is 26.7 Å². The lowest BCUT2D eigenvalue weighted by Crippen LogP contribution is -2.32. The number of aryl methyl sites for hydroxylation is 1. The van der Waals surface area contributed by atoms with Crippen LogP contribution in [0.25, 0.3) is 0 Å². The first-order chi connectivity index (χ1) is 19.7. The summed E-state index contributed by atoms with van der Waals surface area (Å²) in [5, 5.41) is 9.65. The first kappa shape index (κ1) is 31.3. The Morgan fingerprint density at radius 2 is 1.63 bits per heavy atom. The van der Waals surface area contributed by atoms with Crippen LogP contribution in [0.3, 0.4) is 0 Å². The van der Waals surface area contributed by atoms with E-state index >= 15 is 0 Å². The van der Waals surface area contributed by atoms with Gasteiger partial charge in [-0.2, -0.15) is 5.10 Å². The van der Waals surface area contributed by atoms with Crippen molar-refractivity contribution in [2.24, 2.45) is 5.10 Å². The van der Waals surface area contributed by atoms with Crippen LogP contribution in [-0.2, 0) is 14.4 Å². The van der Waals surface area contributed by atoms with Gasteiger partial charge in [-0.15, -0.1) is 0 Å². The molecule has 0 heterocycles. The van der Waals surface area contributed by atoms with Crippen LogP contribution in [0.15, 0.2) is 59.7 Å². The molecule has 3 rings (SSSR count). The summed E-state index contributed by atoms with van der Waals surface area (Å²) in [5.41, 5.74) is 4.44.